The fraction of sp³-hybridized carbons (Fsp3) is 0.0303. The van der Waals surface area contributed by atoms with E-state index in [9.17, 15) is 14.4 Å². The zero-order valence-electron chi connectivity index (χ0n) is 23.5. The van der Waals surface area contributed by atoms with E-state index in [0.29, 0.717) is 47.7 Å². The van der Waals surface area contributed by atoms with Crippen LogP contribution in [0.25, 0.3) is 17.3 Å². The Balaban J connectivity index is 1.20. The van der Waals surface area contributed by atoms with Gasteiger partial charge in [-0.15, -0.1) is 23.1 Å². The second kappa shape index (κ2) is 15.6. The summed E-state index contributed by atoms with van der Waals surface area (Å²) in [7, 11) is 0. The summed E-state index contributed by atoms with van der Waals surface area (Å²) in [5.41, 5.74) is 2.82. The summed E-state index contributed by atoms with van der Waals surface area (Å²) in [5, 5.41) is 12.2. The lowest BCUT2D eigenvalue weighted by molar-refractivity contribution is -0.114. The van der Waals surface area contributed by atoms with Crippen molar-refractivity contribution in [2.24, 2.45) is 0 Å². The smallest absolute Gasteiger partial charge is 0.272 e. The van der Waals surface area contributed by atoms with E-state index in [2.05, 4.69) is 20.9 Å². The molecule has 1 heterocycles. The number of thioether (sulfide) groups is 1. The number of nitrogens with zero attached hydrogens (tertiary/aromatic N) is 1. The van der Waals surface area contributed by atoms with Crippen molar-refractivity contribution in [2.75, 3.05) is 16.4 Å². The quantitative estimate of drug-likeness (QED) is 0.0983. The summed E-state index contributed by atoms with van der Waals surface area (Å²) < 4.78 is 0. The third-order valence-electron chi connectivity index (χ3n) is 6.24. The molecule has 0 aliphatic rings. The Morgan fingerprint density at radius 1 is 0.804 bits per heavy atom. The van der Waals surface area contributed by atoms with Crippen molar-refractivity contribution in [1.29, 1.82) is 0 Å². The molecule has 46 heavy (non-hydrogen) atoms. The Morgan fingerprint density at radius 3 is 2.28 bits per heavy atom. The summed E-state index contributed by atoms with van der Waals surface area (Å²) in [4.78, 5) is 44.1. The number of carbonyl (C=O) groups excluding carboxylic acids is 3. The molecule has 7 nitrogen and oxygen atoms in total. The maximum Gasteiger partial charge on any atom is 0.272 e. The Labute approximate surface area is 292 Å². The molecule has 0 aliphatic heterocycles. The van der Waals surface area contributed by atoms with Crippen LogP contribution in [0.2, 0.25) is 20.1 Å². The van der Waals surface area contributed by atoms with Gasteiger partial charge in [0.25, 0.3) is 11.8 Å². The molecular formula is C33H22Cl4N4O3S2. The van der Waals surface area contributed by atoms with Gasteiger partial charge in [-0.05, 0) is 72.3 Å². The standard InChI is InChI=1S/C33H22Cl4N4O3S2/c34-22-8-6-20(26(36)16-22)15-28(39-31(43)19-4-2-1-3-5-19)32(44)38-23-9-11-24(12-10-23)45-18-30(42)41-33-40-29(17-46-33)21-7-13-25(35)27(37)14-21/h1-17H,18H2,(H,38,44)(H,39,43)(H,40,41,42)/b28-15-. The number of hydrogen-bond acceptors (Lipinski definition) is 6. The number of amides is 3. The van der Waals surface area contributed by atoms with E-state index in [4.69, 9.17) is 46.4 Å². The number of aromatic nitrogens is 1. The van der Waals surface area contributed by atoms with Crippen LogP contribution in [0.4, 0.5) is 10.8 Å². The molecule has 0 spiro atoms. The van der Waals surface area contributed by atoms with Crippen LogP contribution in [0.1, 0.15) is 15.9 Å². The molecule has 0 radical (unpaired) electrons. The molecule has 0 saturated carbocycles. The van der Waals surface area contributed by atoms with Crippen LogP contribution in [0, 0.1) is 0 Å². The normalized spacial score (nSPS) is 11.2. The van der Waals surface area contributed by atoms with Crippen LogP contribution in [-0.2, 0) is 9.59 Å². The molecule has 3 amide bonds. The van der Waals surface area contributed by atoms with Gasteiger partial charge in [0.2, 0.25) is 5.91 Å². The van der Waals surface area contributed by atoms with E-state index >= 15 is 0 Å². The molecule has 0 aliphatic carbocycles. The van der Waals surface area contributed by atoms with Crippen LogP contribution in [0.5, 0.6) is 0 Å². The van der Waals surface area contributed by atoms with Crippen molar-refractivity contribution in [3.63, 3.8) is 0 Å². The van der Waals surface area contributed by atoms with Crippen molar-refractivity contribution in [2.45, 2.75) is 4.90 Å². The van der Waals surface area contributed by atoms with Crippen LogP contribution < -0.4 is 16.0 Å². The number of nitrogens with one attached hydrogen (secondary N) is 3. The second-order valence-corrected chi connectivity index (χ2v) is 13.1. The maximum atomic E-state index is 13.3. The monoisotopic (exact) mass is 726 g/mol. The van der Waals surface area contributed by atoms with Gasteiger partial charge in [-0.25, -0.2) is 4.98 Å². The minimum absolute atomic E-state index is 0.0160. The summed E-state index contributed by atoms with van der Waals surface area (Å²) in [6.45, 7) is 0. The molecule has 0 unspecified atom stereocenters. The van der Waals surface area contributed by atoms with E-state index in [1.54, 1.807) is 84.9 Å². The molecule has 1 aromatic heterocycles. The van der Waals surface area contributed by atoms with Gasteiger partial charge in [-0.2, -0.15) is 0 Å². The van der Waals surface area contributed by atoms with Gasteiger partial charge < -0.3 is 16.0 Å². The molecule has 0 saturated heterocycles. The Hall–Kier alpha value is -3.83. The summed E-state index contributed by atoms with van der Waals surface area (Å²) in [6, 6.07) is 25.6. The van der Waals surface area contributed by atoms with Gasteiger partial charge in [-0.1, -0.05) is 76.7 Å². The number of carbonyl (C=O) groups is 3. The molecule has 0 bridgehead atoms. The number of halogens is 4. The first-order valence-electron chi connectivity index (χ1n) is 13.4. The molecular weight excluding hydrogens is 706 g/mol. The fourth-order valence-corrected chi connectivity index (χ4v) is 6.17. The van der Waals surface area contributed by atoms with Crippen LogP contribution in [0.15, 0.2) is 107 Å². The lowest BCUT2D eigenvalue weighted by atomic mass is 10.1. The number of anilines is 2. The highest BCUT2D eigenvalue weighted by molar-refractivity contribution is 8.00. The highest BCUT2D eigenvalue weighted by Crippen LogP contribution is 2.31. The van der Waals surface area contributed by atoms with Gasteiger partial charge in [0, 0.05) is 37.1 Å². The number of hydrogen-bond donors (Lipinski definition) is 3. The average Bonchev–Trinajstić information content (AvgIpc) is 3.51. The summed E-state index contributed by atoms with van der Waals surface area (Å²) in [5.74, 6) is -1.09. The Morgan fingerprint density at radius 2 is 1.57 bits per heavy atom. The molecule has 3 N–H and O–H groups in total. The van der Waals surface area contributed by atoms with Gasteiger partial charge in [0.15, 0.2) is 5.13 Å². The summed E-state index contributed by atoms with van der Waals surface area (Å²) >= 11 is 27.1. The Bertz CT molecular complexity index is 1930. The molecule has 0 atom stereocenters. The van der Waals surface area contributed by atoms with Crippen LogP contribution in [-0.4, -0.2) is 28.5 Å². The minimum Gasteiger partial charge on any atom is -0.321 e. The first-order valence-corrected chi connectivity index (χ1v) is 16.8. The van der Waals surface area contributed by atoms with Crippen molar-refractivity contribution >= 4 is 104 Å². The number of benzene rings is 4. The first-order chi connectivity index (χ1) is 22.1. The molecule has 0 fully saturated rings. The van der Waals surface area contributed by atoms with E-state index < -0.39 is 11.8 Å². The van der Waals surface area contributed by atoms with E-state index in [1.807, 2.05) is 11.4 Å². The lowest BCUT2D eigenvalue weighted by Crippen LogP contribution is -2.30. The zero-order valence-corrected chi connectivity index (χ0v) is 28.2. The van der Waals surface area contributed by atoms with Gasteiger partial charge in [0.05, 0.1) is 21.5 Å². The largest absolute Gasteiger partial charge is 0.321 e. The predicted octanol–water partition coefficient (Wildman–Crippen LogP) is 9.56. The molecule has 13 heteroatoms. The lowest BCUT2D eigenvalue weighted by Gasteiger charge is -2.12. The first kappa shape index (κ1) is 33.5. The highest BCUT2D eigenvalue weighted by Gasteiger charge is 2.16. The zero-order chi connectivity index (χ0) is 32.6. The average molecular weight is 729 g/mol. The molecule has 5 aromatic rings. The topological polar surface area (TPSA) is 100 Å². The van der Waals surface area contributed by atoms with Gasteiger partial charge in [0.1, 0.15) is 5.70 Å². The second-order valence-electron chi connectivity index (χ2n) is 9.53. The van der Waals surface area contributed by atoms with Crippen molar-refractivity contribution in [3.8, 4) is 11.3 Å². The third kappa shape index (κ3) is 9.13. The van der Waals surface area contributed by atoms with E-state index in [0.717, 1.165) is 10.5 Å². The molecule has 4 aromatic carbocycles. The Kier molecular flexibility index (Phi) is 11.4. The SMILES string of the molecule is O=C(CSc1ccc(NC(=O)/C(=C/c2ccc(Cl)cc2Cl)NC(=O)c2ccccc2)cc1)Nc1nc(-c2ccc(Cl)c(Cl)c2)cs1. The van der Waals surface area contributed by atoms with E-state index in [-0.39, 0.29) is 17.4 Å². The maximum absolute atomic E-state index is 13.3. The summed E-state index contributed by atoms with van der Waals surface area (Å²) in [6.07, 6.45) is 1.48. The van der Waals surface area contributed by atoms with Crippen molar-refractivity contribution in [1.82, 2.24) is 10.3 Å². The van der Waals surface area contributed by atoms with E-state index in [1.165, 1.54) is 29.2 Å². The van der Waals surface area contributed by atoms with Gasteiger partial charge in [-0.3, -0.25) is 14.4 Å². The van der Waals surface area contributed by atoms with Crippen molar-refractivity contribution < 1.29 is 14.4 Å². The number of thiazole rings is 1. The molecule has 5 rings (SSSR count). The van der Waals surface area contributed by atoms with Crippen LogP contribution >= 0.6 is 69.5 Å². The minimum atomic E-state index is -0.557. The van der Waals surface area contributed by atoms with Gasteiger partial charge >= 0.3 is 0 Å². The van der Waals surface area contributed by atoms with Crippen molar-refractivity contribution in [3.05, 3.63) is 133 Å². The number of rotatable bonds is 10. The fourth-order valence-electron chi connectivity index (χ4n) is 3.97. The highest BCUT2D eigenvalue weighted by atomic mass is 35.5. The third-order valence-corrected chi connectivity index (χ3v) is 9.31. The predicted molar refractivity (Wildman–Crippen MR) is 190 cm³/mol. The molecule has 232 valence electrons. The van der Waals surface area contributed by atoms with Crippen LogP contribution in [0.3, 0.4) is 0 Å².